The highest BCUT2D eigenvalue weighted by molar-refractivity contribution is 5.81. The van der Waals surface area contributed by atoms with E-state index in [0.29, 0.717) is 6.61 Å². The number of ether oxygens (including phenoxy) is 1. The third-order valence-corrected chi connectivity index (χ3v) is 2.10. The molecule has 4 heteroatoms. The van der Waals surface area contributed by atoms with Crippen LogP contribution >= 0.6 is 0 Å². The Balaban J connectivity index is 2.25. The first-order valence-corrected chi connectivity index (χ1v) is 4.29. The van der Waals surface area contributed by atoms with Gasteiger partial charge in [0.25, 0.3) is 0 Å². The van der Waals surface area contributed by atoms with Crippen molar-refractivity contribution in [2.45, 2.75) is 25.4 Å². The fourth-order valence-electron chi connectivity index (χ4n) is 1.11. The van der Waals surface area contributed by atoms with Gasteiger partial charge in [0.05, 0.1) is 18.7 Å². The first-order chi connectivity index (χ1) is 5.74. The third kappa shape index (κ3) is 2.46. The van der Waals surface area contributed by atoms with Crippen LogP contribution in [-0.2, 0) is 9.53 Å². The third-order valence-electron chi connectivity index (χ3n) is 2.10. The lowest BCUT2D eigenvalue weighted by Gasteiger charge is -2.14. The van der Waals surface area contributed by atoms with Gasteiger partial charge in [-0.25, -0.2) is 0 Å². The van der Waals surface area contributed by atoms with Crippen LogP contribution in [0.4, 0.5) is 0 Å². The Morgan fingerprint density at radius 3 is 2.92 bits per heavy atom. The predicted octanol–water partition coefficient (Wildman–Crippen LogP) is -0.501. The Labute approximate surface area is 72.7 Å². The van der Waals surface area contributed by atoms with Crippen LogP contribution < -0.4 is 10.6 Å². The summed E-state index contributed by atoms with van der Waals surface area (Å²) in [6, 6.07) is 0.0962. The van der Waals surface area contributed by atoms with Gasteiger partial charge in [-0.3, -0.25) is 4.79 Å². The summed E-state index contributed by atoms with van der Waals surface area (Å²) in [4.78, 5) is 11.3. The van der Waals surface area contributed by atoms with Crippen molar-refractivity contribution < 1.29 is 9.53 Å². The quantitative estimate of drug-likeness (QED) is 0.603. The fraction of sp³-hybridized carbons (Fsp3) is 0.875. The number of nitrogens with one attached hydrogen (secondary N) is 2. The van der Waals surface area contributed by atoms with Gasteiger partial charge >= 0.3 is 0 Å². The topological polar surface area (TPSA) is 50.4 Å². The molecule has 0 aromatic heterocycles. The molecule has 0 aliphatic carbocycles. The fourth-order valence-corrected chi connectivity index (χ4v) is 1.11. The summed E-state index contributed by atoms with van der Waals surface area (Å²) in [5.41, 5.74) is 0. The first kappa shape index (κ1) is 9.48. The standard InChI is InChI=1S/C8H16N2O2/c1-6(9-2)8(11)10-7-3-4-12-5-7/h6-7,9H,3-5H2,1-2H3,(H,10,11). The van der Waals surface area contributed by atoms with Gasteiger partial charge in [0.15, 0.2) is 0 Å². The van der Waals surface area contributed by atoms with Gasteiger partial charge in [-0.1, -0.05) is 0 Å². The smallest absolute Gasteiger partial charge is 0.237 e. The largest absolute Gasteiger partial charge is 0.379 e. The van der Waals surface area contributed by atoms with Crippen LogP contribution in [-0.4, -0.2) is 38.3 Å². The van der Waals surface area contributed by atoms with Crippen LogP contribution in [0.25, 0.3) is 0 Å². The lowest BCUT2D eigenvalue weighted by molar-refractivity contribution is -0.123. The van der Waals surface area contributed by atoms with Gasteiger partial charge < -0.3 is 15.4 Å². The predicted molar refractivity (Wildman–Crippen MR) is 45.9 cm³/mol. The molecular weight excluding hydrogens is 156 g/mol. The van der Waals surface area contributed by atoms with Crippen molar-refractivity contribution in [2.24, 2.45) is 0 Å². The minimum atomic E-state index is -0.120. The average molecular weight is 172 g/mol. The SMILES string of the molecule is CNC(C)C(=O)NC1CCOC1. The second-order valence-electron chi connectivity index (χ2n) is 3.08. The minimum absolute atomic E-state index is 0.0491. The van der Waals surface area contributed by atoms with E-state index in [4.69, 9.17) is 4.74 Å². The zero-order valence-corrected chi connectivity index (χ0v) is 7.59. The summed E-state index contributed by atoms with van der Waals surface area (Å²) in [7, 11) is 1.77. The van der Waals surface area contributed by atoms with E-state index < -0.39 is 0 Å². The summed E-state index contributed by atoms with van der Waals surface area (Å²) < 4.78 is 5.14. The van der Waals surface area contributed by atoms with Crippen LogP contribution in [0.2, 0.25) is 0 Å². The normalized spacial score (nSPS) is 25.3. The second-order valence-corrected chi connectivity index (χ2v) is 3.08. The van der Waals surface area contributed by atoms with Crippen LogP contribution in [0.1, 0.15) is 13.3 Å². The molecule has 1 amide bonds. The van der Waals surface area contributed by atoms with E-state index in [1.54, 1.807) is 7.05 Å². The lowest BCUT2D eigenvalue weighted by atomic mass is 10.2. The van der Waals surface area contributed by atoms with Crippen LogP contribution in [0, 0.1) is 0 Å². The minimum Gasteiger partial charge on any atom is -0.379 e. The Kier molecular flexibility index (Phi) is 3.49. The molecule has 12 heavy (non-hydrogen) atoms. The Hall–Kier alpha value is -0.610. The monoisotopic (exact) mass is 172 g/mol. The molecule has 0 radical (unpaired) electrons. The molecular formula is C8H16N2O2. The van der Waals surface area contributed by atoms with Crippen LogP contribution in [0.3, 0.4) is 0 Å². The van der Waals surface area contributed by atoms with E-state index in [9.17, 15) is 4.79 Å². The molecule has 0 aromatic carbocycles. The summed E-state index contributed by atoms with van der Waals surface area (Å²) in [6.07, 6.45) is 0.933. The van der Waals surface area contributed by atoms with Crippen molar-refractivity contribution in [3.63, 3.8) is 0 Å². The van der Waals surface area contributed by atoms with Gasteiger partial charge in [0.2, 0.25) is 5.91 Å². The molecule has 1 fully saturated rings. The summed E-state index contributed by atoms with van der Waals surface area (Å²) in [6.45, 7) is 3.26. The van der Waals surface area contributed by atoms with E-state index in [-0.39, 0.29) is 18.0 Å². The average Bonchev–Trinajstić information content (AvgIpc) is 2.55. The van der Waals surface area contributed by atoms with E-state index >= 15 is 0 Å². The molecule has 0 spiro atoms. The van der Waals surface area contributed by atoms with Gasteiger partial charge in [-0.2, -0.15) is 0 Å². The highest BCUT2D eigenvalue weighted by atomic mass is 16.5. The number of hydrogen-bond donors (Lipinski definition) is 2. The van der Waals surface area contributed by atoms with Crippen molar-refractivity contribution in [3.8, 4) is 0 Å². The number of carbonyl (C=O) groups excluding carboxylic acids is 1. The summed E-state index contributed by atoms with van der Waals surface area (Å²) in [5, 5.41) is 5.79. The van der Waals surface area contributed by atoms with Crippen LogP contribution in [0.5, 0.6) is 0 Å². The maximum atomic E-state index is 11.3. The van der Waals surface area contributed by atoms with E-state index in [1.807, 2.05) is 6.92 Å². The van der Waals surface area contributed by atoms with Gasteiger partial charge in [-0.15, -0.1) is 0 Å². The van der Waals surface area contributed by atoms with E-state index in [0.717, 1.165) is 13.0 Å². The molecule has 2 unspecified atom stereocenters. The number of amides is 1. The molecule has 4 nitrogen and oxygen atoms in total. The van der Waals surface area contributed by atoms with Crippen molar-refractivity contribution in [3.05, 3.63) is 0 Å². The zero-order valence-electron chi connectivity index (χ0n) is 7.59. The van der Waals surface area contributed by atoms with Gasteiger partial charge in [0.1, 0.15) is 0 Å². The van der Waals surface area contributed by atoms with Gasteiger partial charge in [0, 0.05) is 6.61 Å². The number of rotatable bonds is 3. The van der Waals surface area contributed by atoms with Crippen molar-refractivity contribution in [1.82, 2.24) is 10.6 Å². The number of carbonyl (C=O) groups is 1. The maximum absolute atomic E-state index is 11.3. The molecule has 0 saturated carbocycles. The van der Waals surface area contributed by atoms with Crippen molar-refractivity contribution in [2.75, 3.05) is 20.3 Å². The molecule has 2 atom stereocenters. The lowest BCUT2D eigenvalue weighted by Crippen LogP contribution is -2.45. The molecule has 0 aromatic rings. The zero-order chi connectivity index (χ0) is 8.97. The highest BCUT2D eigenvalue weighted by Crippen LogP contribution is 2.03. The highest BCUT2D eigenvalue weighted by Gasteiger charge is 2.19. The Morgan fingerprint density at radius 1 is 1.67 bits per heavy atom. The van der Waals surface area contributed by atoms with Gasteiger partial charge in [-0.05, 0) is 20.4 Å². The molecule has 1 saturated heterocycles. The van der Waals surface area contributed by atoms with E-state index in [1.165, 1.54) is 0 Å². The molecule has 1 rings (SSSR count). The molecule has 0 bridgehead atoms. The number of likely N-dealkylation sites (N-methyl/N-ethyl adjacent to an activating group) is 1. The maximum Gasteiger partial charge on any atom is 0.237 e. The number of hydrogen-bond acceptors (Lipinski definition) is 3. The summed E-state index contributed by atoms with van der Waals surface area (Å²) >= 11 is 0. The van der Waals surface area contributed by atoms with Crippen molar-refractivity contribution in [1.29, 1.82) is 0 Å². The summed E-state index contributed by atoms with van der Waals surface area (Å²) in [5.74, 6) is 0.0491. The molecule has 2 N–H and O–H groups in total. The van der Waals surface area contributed by atoms with Crippen molar-refractivity contribution >= 4 is 5.91 Å². The molecule has 70 valence electrons. The molecule has 1 aliphatic heterocycles. The Morgan fingerprint density at radius 2 is 2.42 bits per heavy atom. The van der Waals surface area contributed by atoms with E-state index in [2.05, 4.69) is 10.6 Å². The first-order valence-electron chi connectivity index (χ1n) is 4.29. The Bertz CT molecular complexity index is 155. The second kappa shape index (κ2) is 4.42. The van der Waals surface area contributed by atoms with Crippen LogP contribution in [0.15, 0.2) is 0 Å². The molecule has 1 aliphatic rings. The molecule has 1 heterocycles.